The molecule has 196 valence electrons. The Balaban J connectivity index is 1.68. The number of anilines is 2. The molecular formula is C23H17BF5N5O4. The number of aliphatic hydroxyl groups is 3. The van der Waals surface area contributed by atoms with Crippen LogP contribution in [0.5, 0.6) is 0 Å². The number of hydrogen-bond acceptors (Lipinski definition) is 7. The molecule has 0 saturated heterocycles. The number of nitrogens with one attached hydrogen (secondary N) is 1. The van der Waals surface area contributed by atoms with E-state index < -0.39 is 52.5 Å². The number of hydrogen-bond donors (Lipinski definition) is 5. The molecule has 0 fully saturated rings. The van der Waals surface area contributed by atoms with Crippen LogP contribution in [0.25, 0.3) is 16.8 Å². The second kappa shape index (κ2) is 9.34. The van der Waals surface area contributed by atoms with Gasteiger partial charge in [-0.1, -0.05) is 0 Å². The van der Waals surface area contributed by atoms with E-state index in [1.54, 1.807) is 0 Å². The molecule has 0 saturated carbocycles. The van der Waals surface area contributed by atoms with E-state index in [1.807, 2.05) is 0 Å². The highest BCUT2D eigenvalue weighted by molar-refractivity contribution is 6.13. The van der Waals surface area contributed by atoms with Gasteiger partial charge >= 0.3 is 6.18 Å². The van der Waals surface area contributed by atoms with Gasteiger partial charge in [0.25, 0.3) is 5.91 Å². The smallest absolute Gasteiger partial charge is 0.382 e. The first-order chi connectivity index (χ1) is 17.6. The number of aryl methyl sites for hydroxylation is 1. The van der Waals surface area contributed by atoms with Crippen molar-refractivity contribution in [2.24, 2.45) is 0 Å². The van der Waals surface area contributed by atoms with Gasteiger partial charge in [-0.05, 0) is 48.9 Å². The third-order valence-electron chi connectivity index (χ3n) is 5.50. The van der Waals surface area contributed by atoms with Crippen molar-refractivity contribution in [3.05, 3.63) is 76.9 Å². The lowest BCUT2D eigenvalue weighted by Gasteiger charge is -2.16. The normalized spacial score (nSPS) is 13.1. The van der Waals surface area contributed by atoms with Crippen LogP contribution < -0.4 is 11.1 Å². The average Bonchev–Trinajstić information content (AvgIpc) is 3.22. The first kappa shape index (κ1) is 27.0. The van der Waals surface area contributed by atoms with Crippen molar-refractivity contribution in [2.75, 3.05) is 11.1 Å². The highest BCUT2D eigenvalue weighted by atomic mass is 19.4. The van der Waals surface area contributed by atoms with E-state index in [2.05, 4.69) is 15.3 Å². The zero-order valence-electron chi connectivity index (χ0n) is 19.3. The summed E-state index contributed by atoms with van der Waals surface area (Å²) in [6.45, 7) is 1.54. The molecule has 2 heterocycles. The SMILES string of the molecule is [B]C(O)(O)c1nc(-c2ccc(NC(=O)C(O)c3cc(F)cc(C(F)(F)F)c3)cc2F)c2c(N)ncc(C)n12. The molecule has 38 heavy (non-hydrogen) atoms. The van der Waals surface area contributed by atoms with Crippen LogP contribution in [0.3, 0.4) is 0 Å². The van der Waals surface area contributed by atoms with E-state index in [4.69, 9.17) is 13.6 Å². The predicted octanol–water partition coefficient (Wildman–Crippen LogP) is 2.52. The Morgan fingerprint density at radius 1 is 1.16 bits per heavy atom. The number of amides is 1. The molecule has 0 aliphatic heterocycles. The van der Waals surface area contributed by atoms with E-state index >= 15 is 4.39 Å². The molecule has 2 aromatic carbocycles. The summed E-state index contributed by atoms with van der Waals surface area (Å²) in [6, 6.07) is 4.31. The van der Waals surface area contributed by atoms with Gasteiger partial charge in [-0.3, -0.25) is 9.20 Å². The van der Waals surface area contributed by atoms with Crippen LogP contribution in [-0.4, -0.2) is 43.4 Å². The summed E-state index contributed by atoms with van der Waals surface area (Å²) in [5.41, 5.74) is 0.677. The number of halogens is 5. The molecule has 4 aromatic rings. The number of rotatable bonds is 5. The summed E-state index contributed by atoms with van der Waals surface area (Å²) in [6.07, 6.45) is -5.83. The summed E-state index contributed by atoms with van der Waals surface area (Å²) in [7, 11) is 5.38. The standard InChI is InChI=1S/C23H17BF5N5O4/c1-9-8-31-19(30)17-16(33-21(34(9)17)22(24,37)38)14-3-2-13(7-15(14)26)32-20(36)18(35)10-4-11(23(27,28)29)6-12(25)5-10/h2-8,18,35,37-38H,1H3,(H2,30,31)(H,32,36). The van der Waals surface area contributed by atoms with Crippen molar-refractivity contribution in [3.8, 4) is 11.3 Å². The van der Waals surface area contributed by atoms with Gasteiger partial charge in [0.15, 0.2) is 25.5 Å². The molecule has 0 aliphatic carbocycles. The number of aliphatic hydroxyl groups excluding tert-OH is 1. The van der Waals surface area contributed by atoms with E-state index in [9.17, 15) is 37.7 Å². The number of carbonyl (C=O) groups is 1. The molecule has 2 aromatic heterocycles. The summed E-state index contributed by atoms with van der Waals surface area (Å²) in [5.74, 6) is -4.19. The maximum atomic E-state index is 15.2. The van der Waals surface area contributed by atoms with Crippen molar-refractivity contribution in [2.45, 2.75) is 24.9 Å². The molecule has 1 amide bonds. The first-order valence-corrected chi connectivity index (χ1v) is 10.6. The Morgan fingerprint density at radius 3 is 2.45 bits per heavy atom. The van der Waals surface area contributed by atoms with Crippen molar-refractivity contribution >= 4 is 30.8 Å². The topological polar surface area (TPSA) is 146 Å². The monoisotopic (exact) mass is 533 g/mol. The number of alkyl halides is 3. The molecule has 1 atom stereocenters. The van der Waals surface area contributed by atoms with Crippen LogP contribution >= 0.6 is 0 Å². The van der Waals surface area contributed by atoms with Gasteiger partial charge in [-0.15, -0.1) is 0 Å². The largest absolute Gasteiger partial charge is 0.416 e. The van der Waals surface area contributed by atoms with Crippen molar-refractivity contribution in [1.29, 1.82) is 0 Å². The number of nitrogens with two attached hydrogens (primary N) is 1. The van der Waals surface area contributed by atoms with Crippen LogP contribution in [0.2, 0.25) is 0 Å². The Morgan fingerprint density at radius 2 is 1.84 bits per heavy atom. The van der Waals surface area contributed by atoms with Gasteiger partial charge in [-0.2, -0.15) is 13.2 Å². The highest BCUT2D eigenvalue weighted by Gasteiger charge is 2.33. The fraction of sp³-hybridized carbons (Fsp3) is 0.174. The highest BCUT2D eigenvalue weighted by Crippen LogP contribution is 2.35. The predicted molar refractivity (Wildman–Crippen MR) is 124 cm³/mol. The molecule has 4 rings (SSSR count). The number of aromatic nitrogens is 3. The maximum Gasteiger partial charge on any atom is 0.416 e. The number of imidazole rings is 1. The van der Waals surface area contributed by atoms with Crippen LogP contribution in [-0.2, 0) is 16.7 Å². The zero-order chi connectivity index (χ0) is 28.2. The van der Waals surface area contributed by atoms with Gasteiger partial charge < -0.3 is 26.4 Å². The third-order valence-corrected chi connectivity index (χ3v) is 5.50. The summed E-state index contributed by atoms with van der Waals surface area (Å²) in [4.78, 5) is 20.4. The first-order valence-electron chi connectivity index (χ1n) is 10.6. The average molecular weight is 533 g/mol. The van der Waals surface area contributed by atoms with Gasteiger partial charge in [0.2, 0.25) is 0 Å². The van der Waals surface area contributed by atoms with E-state index in [1.165, 1.54) is 23.6 Å². The molecule has 1 unspecified atom stereocenters. The Hall–Kier alpha value is -4.08. The maximum absolute atomic E-state index is 15.2. The van der Waals surface area contributed by atoms with Crippen molar-refractivity contribution in [3.63, 3.8) is 0 Å². The van der Waals surface area contributed by atoms with Gasteiger partial charge in [0, 0.05) is 23.1 Å². The van der Waals surface area contributed by atoms with E-state index in [0.29, 0.717) is 17.8 Å². The molecule has 0 bridgehead atoms. The molecule has 0 aliphatic rings. The number of fused-ring (bicyclic) bond motifs is 1. The molecule has 9 nitrogen and oxygen atoms in total. The number of benzene rings is 2. The fourth-order valence-electron chi connectivity index (χ4n) is 3.80. The number of nitrogens with zero attached hydrogens (tertiary/aromatic N) is 3. The van der Waals surface area contributed by atoms with E-state index in [0.717, 1.165) is 12.1 Å². The van der Waals surface area contributed by atoms with Crippen LogP contribution in [0, 0.1) is 18.6 Å². The van der Waals surface area contributed by atoms with Crippen molar-refractivity contribution < 1.29 is 42.1 Å². The van der Waals surface area contributed by atoms with Crippen LogP contribution in [0.4, 0.5) is 33.5 Å². The van der Waals surface area contributed by atoms with Crippen LogP contribution in [0.1, 0.15) is 28.7 Å². The minimum absolute atomic E-state index is 0.00982. The second-order valence-corrected chi connectivity index (χ2v) is 8.34. The summed E-state index contributed by atoms with van der Waals surface area (Å²) in [5, 5.41) is 32.2. The number of carbonyl (C=O) groups excluding carboxylic acids is 1. The summed E-state index contributed by atoms with van der Waals surface area (Å²) >= 11 is 0. The third kappa shape index (κ3) is 5.03. The minimum atomic E-state index is -4.92. The molecule has 0 spiro atoms. The Labute approximate surface area is 211 Å². The van der Waals surface area contributed by atoms with Gasteiger partial charge in [0.1, 0.15) is 28.7 Å². The zero-order valence-corrected chi connectivity index (χ0v) is 19.3. The van der Waals surface area contributed by atoms with Crippen molar-refractivity contribution in [1.82, 2.24) is 14.4 Å². The lowest BCUT2D eigenvalue weighted by Crippen LogP contribution is -2.28. The molecule has 15 heteroatoms. The second-order valence-electron chi connectivity index (χ2n) is 8.34. The Bertz CT molecular complexity index is 1570. The van der Waals surface area contributed by atoms with Gasteiger partial charge in [-0.25, -0.2) is 18.7 Å². The molecule has 6 N–H and O–H groups in total. The summed E-state index contributed by atoms with van der Waals surface area (Å²) < 4.78 is 68.8. The Kier molecular flexibility index (Phi) is 6.63. The quantitative estimate of drug-likeness (QED) is 0.151. The molecular weight excluding hydrogens is 516 g/mol. The van der Waals surface area contributed by atoms with Gasteiger partial charge in [0.05, 0.1) is 5.56 Å². The minimum Gasteiger partial charge on any atom is -0.382 e. The lowest BCUT2D eigenvalue weighted by molar-refractivity contribution is -0.138. The molecule has 2 radical (unpaired) electrons. The van der Waals surface area contributed by atoms with E-state index in [-0.39, 0.29) is 34.3 Å². The van der Waals surface area contributed by atoms with Crippen LogP contribution in [0.15, 0.2) is 42.6 Å². The number of nitrogen functional groups attached to an aromatic ring is 1. The fourth-order valence-corrected chi connectivity index (χ4v) is 3.80. The lowest BCUT2D eigenvalue weighted by atomic mass is 9.94.